The van der Waals surface area contributed by atoms with Gasteiger partial charge in [-0.25, -0.2) is 4.98 Å². The molecule has 0 amide bonds. The third-order valence-electron chi connectivity index (χ3n) is 5.80. The van der Waals surface area contributed by atoms with Crippen LogP contribution in [-0.4, -0.2) is 48.6 Å². The monoisotopic (exact) mass is 344 g/mol. The maximum atomic E-state index is 6.02. The molecule has 0 atom stereocenters. The first-order valence-electron chi connectivity index (χ1n) is 9.34. The molecule has 2 fully saturated rings. The molecule has 0 unspecified atom stereocenters. The van der Waals surface area contributed by atoms with Gasteiger partial charge in [-0.2, -0.15) is 0 Å². The fourth-order valence-electron chi connectivity index (χ4n) is 4.19. The summed E-state index contributed by atoms with van der Waals surface area (Å²) in [5.74, 6) is 0.911. The molecule has 0 radical (unpaired) electrons. The molecule has 2 aliphatic rings. The lowest BCUT2D eigenvalue weighted by Crippen LogP contribution is -2.47. The summed E-state index contributed by atoms with van der Waals surface area (Å²) in [5, 5.41) is 3.46. The van der Waals surface area contributed by atoms with E-state index in [1.54, 1.807) is 11.3 Å². The summed E-state index contributed by atoms with van der Waals surface area (Å²) in [7, 11) is 0. The second kappa shape index (κ2) is 7.38. The first-order valence-corrected chi connectivity index (χ1v) is 10.2. The molecule has 2 aromatic rings. The summed E-state index contributed by atoms with van der Waals surface area (Å²) >= 11 is 1.73. The first kappa shape index (κ1) is 16.3. The van der Waals surface area contributed by atoms with Crippen LogP contribution in [0.25, 0.3) is 10.2 Å². The van der Waals surface area contributed by atoms with Gasteiger partial charge in [0.2, 0.25) is 0 Å². The Morgan fingerprint density at radius 1 is 1.08 bits per heavy atom. The highest BCUT2D eigenvalue weighted by Crippen LogP contribution is 2.30. The fraction of sp³-hybridized carbons (Fsp3) is 0.632. The highest BCUT2D eigenvalue weighted by molar-refractivity contribution is 7.16. The SMILES string of the molecule is NC1CCC(CCN2CCN(c3ccnc4sccc34)CC2)CC1. The minimum atomic E-state index is 0.471. The Bertz CT molecular complexity index is 654. The van der Waals surface area contributed by atoms with Crippen LogP contribution >= 0.6 is 11.3 Å². The molecule has 1 aliphatic carbocycles. The van der Waals surface area contributed by atoms with Gasteiger partial charge < -0.3 is 10.6 Å². The van der Waals surface area contributed by atoms with Crippen molar-refractivity contribution in [3.63, 3.8) is 0 Å². The molecule has 1 aliphatic heterocycles. The lowest BCUT2D eigenvalue weighted by molar-refractivity contribution is 0.217. The number of thiophene rings is 1. The van der Waals surface area contributed by atoms with Crippen LogP contribution in [0.3, 0.4) is 0 Å². The zero-order valence-electron chi connectivity index (χ0n) is 14.4. The standard InChI is InChI=1S/C19H28N4S/c20-16-3-1-15(2-4-16)6-9-22-10-12-23(13-11-22)18-5-8-21-19-17(18)7-14-24-19/h5,7-8,14-16H,1-4,6,9-13,20H2. The highest BCUT2D eigenvalue weighted by atomic mass is 32.1. The Morgan fingerprint density at radius 3 is 2.67 bits per heavy atom. The zero-order chi connectivity index (χ0) is 16.4. The predicted molar refractivity (Wildman–Crippen MR) is 103 cm³/mol. The molecule has 0 spiro atoms. The second-order valence-corrected chi connectivity index (χ2v) is 8.26. The minimum Gasteiger partial charge on any atom is -0.368 e. The average Bonchev–Trinajstić information content (AvgIpc) is 3.10. The number of nitrogens with zero attached hydrogens (tertiary/aromatic N) is 3. The van der Waals surface area contributed by atoms with Gasteiger partial charge in [0.1, 0.15) is 4.83 Å². The number of pyridine rings is 1. The van der Waals surface area contributed by atoms with Crippen LogP contribution in [0.15, 0.2) is 23.7 Å². The molecule has 4 nitrogen and oxygen atoms in total. The van der Waals surface area contributed by atoms with E-state index in [4.69, 9.17) is 5.73 Å². The summed E-state index contributed by atoms with van der Waals surface area (Å²) < 4.78 is 0. The lowest BCUT2D eigenvalue weighted by Gasteiger charge is -2.37. The molecule has 24 heavy (non-hydrogen) atoms. The lowest BCUT2D eigenvalue weighted by atomic mass is 9.84. The van der Waals surface area contributed by atoms with Crippen molar-refractivity contribution in [2.24, 2.45) is 11.7 Å². The van der Waals surface area contributed by atoms with Crippen LogP contribution in [0.5, 0.6) is 0 Å². The summed E-state index contributed by atoms with van der Waals surface area (Å²) in [5.41, 5.74) is 7.38. The van der Waals surface area contributed by atoms with E-state index >= 15 is 0 Å². The zero-order valence-corrected chi connectivity index (χ0v) is 15.2. The minimum absolute atomic E-state index is 0.471. The molecule has 1 saturated heterocycles. The molecular weight excluding hydrogens is 316 g/mol. The second-order valence-electron chi connectivity index (χ2n) is 7.37. The van der Waals surface area contributed by atoms with Gasteiger partial charge in [0.15, 0.2) is 0 Å². The molecule has 0 aromatic carbocycles. The third kappa shape index (κ3) is 3.58. The van der Waals surface area contributed by atoms with Crippen LogP contribution in [0.1, 0.15) is 32.1 Å². The summed E-state index contributed by atoms with van der Waals surface area (Å²) in [4.78, 5) is 10.8. The fourth-order valence-corrected chi connectivity index (χ4v) is 4.95. The van der Waals surface area contributed by atoms with Crippen LogP contribution in [0.2, 0.25) is 0 Å². The normalized spacial score (nSPS) is 26.1. The number of fused-ring (bicyclic) bond motifs is 1. The van der Waals surface area contributed by atoms with E-state index < -0.39 is 0 Å². The van der Waals surface area contributed by atoms with Gasteiger partial charge in [-0.1, -0.05) is 0 Å². The van der Waals surface area contributed by atoms with Crippen molar-refractivity contribution in [1.29, 1.82) is 0 Å². The van der Waals surface area contributed by atoms with E-state index in [2.05, 4.69) is 32.3 Å². The van der Waals surface area contributed by atoms with Gasteiger partial charge in [-0.05, 0) is 62.1 Å². The molecule has 130 valence electrons. The Kier molecular flexibility index (Phi) is 5.01. The maximum Gasteiger partial charge on any atom is 0.125 e. The highest BCUT2D eigenvalue weighted by Gasteiger charge is 2.22. The van der Waals surface area contributed by atoms with Crippen molar-refractivity contribution < 1.29 is 0 Å². The van der Waals surface area contributed by atoms with Gasteiger partial charge in [-0.15, -0.1) is 11.3 Å². The number of piperazine rings is 1. The van der Waals surface area contributed by atoms with E-state index in [1.165, 1.54) is 62.8 Å². The van der Waals surface area contributed by atoms with E-state index in [9.17, 15) is 0 Å². The van der Waals surface area contributed by atoms with Gasteiger partial charge in [0, 0.05) is 49.5 Å². The van der Waals surface area contributed by atoms with Crippen molar-refractivity contribution in [3.05, 3.63) is 23.7 Å². The Hall–Kier alpha value is -1.17. The number of hydrogen-bond acceptors (Lipinski definition) is 5. The Balaban J connectivity index is 1.28. The number of aromatic nitrogens is 1. The third-order valence-corrected chi connectivity index (χ3v) is 6.62. The van der Waals surface area contributed by atoms with E-state index in [0.29, 0.717) is 6.04 Å². The van der Waals surface area contributed by atoms with Crippen molar-refractivity contribution in [3.8, 4) is 0 Å². The smallest absolute Gasteiger partial charge is 0.125 e. The molecule has 2 aromatic heterocycles. The molecule has 0 bridgehead atoms. The molecular formula is C19H28N4S. The van der Waals surface area contributed by atoms with Crippen molar-refractivity contribution >= 4 is 27.2 Å². The number of nitrogens with two attached hydrogens (primary N) is 1. The quantitative estimate of drug-likeness (QED) is 0.924. The van der Waals surface area contributed by atoms with Gasteiger partial charge >= 0.3 is 0 Å². The molecule has 4 rings (SSSR count). The Morgan fingerprint density at radius 2 is 1.88 bits per heavy atom. The van der Waals surface area contributed by atoms with E-state index in [-0.39, 0.29) is 0 Å². The van der Waals surface area contributed by atoms with Crippen LogP contribution in [0.4, 0.5) is 5.69 Å². The van der Waals surface area contributed by atoms with Crippen LogP contribution < -0.4 is 10.6 Å². The van der Waals surface area contributed by atoms with E-state index in [1.807, 2.05) is 6.20 Å². The van der Waals surface area contributed by atoms with Gasteiger partial charge in [0.05, 0.1) is 0 Å². The topological polar surface area (TPSA) is 45.4 Å². The van der Waals surface area contributed by atoms with Crippen molar-refractivity contribution in [2.75, 3.05) is 37.6 Å². The van der Waals surface area contributed by atoms with Gasteiger partial charge in [0.25, 0.3) is 0 Å². The number of hydrogen-bond donors (Lipinski definition) is 1. The molecule has 1 saturated carbocycles. The summed E-state index contributed by atoms with van der Waals surface area (Å²) in [6.45, 7) is 5.88. The van der Waals surface area contributed by atoms with Crippen molar-refractivity contribution in [1.82, 2.24) is 9.88 Å². The summed E-state index contributed by atoms with van der Waals surface area (Å²) in [6, 6.07) is 4.86. The van der Waals surface area contributed by atoms with Crippen molar-refractivity contribution in [2.45, 2.75) is 38.1 Å². The Labute approximate surface area is 148 Å². The van der Waals surface area contributed by atoms with E-state index in [0.717, 1.165) is 23.8 Å². The largest absolute Gasteiger partial charge is 0.368 e. The number of rotatable bonds is 4. The van der Waals surface area contributed by atoms with Crippen LogP contribution in [0, 0.1) is 5.92 Å². The summed E-state index contributed by atoms with van der Waals surface area (Å²) in [6.07, 6.45) is 8.46. The predicted octanol–water partition coefficient (Wildman–Crippen LogP) is 3.33. The van der Waals surface area contributed by atoms with Crippen LogP contribution in [-0.2, 0) is 0 Å². The molecule has 2 N–H and O–H groups in total. The molecule has 5 heteroatoms. The number of anilines is 1. The first-order chi connectivity index (χ1) is 11.8. The van der Waals surface area contributed by atoms with Gasteiger partial charge in [-0.3, -0.25) is 4.90 Å². The molecule has 3 heterocycles. The maximum absolute atomic E-state index is 6.02. The average molecular weight is 345 g/mol.